The highest BCUT2D eigenvalue weighted by Crippen LogP contribution is 2.26. The minimum atomic E-state index is 0. The van der Waals surface area contributed by atoms with Crippen molar-refractivity contribution < 1.29 is 4.74 Å². The Labute approximate surface area is 81.7 Å². The summed E-state index contributed by atoms with van der Waals surface area (Å²) >= 11 is 0. The molecule has 0 aliphatic carbocycles. The van der Waals surface area contributed by atoms with E-state index in [-0.39, 0.29) is 18.1 Å². The minimum Gasteiger partial charge on any atom is -0.361 e. The van der Waals surface area contributed by atoms with Crippen LogP contribution in [0.2, 0.25) is 0 Å². The second-order valence-corrected chi connectivity index (χ2v) is 3.49. The molecule has 0 aromatic carbocycles. The summed E-state index contributed by atoms with van der Waals surface area (Å²) in [5.74, 6) is 0. The molecule has 0 bridgehead atoms. The Balaban J connectivity index is 0.00000121. The van der Waals surface area contributed by atoms with E-state index in [2.05, 4.69) is 25.8 Å². The summed E-state index contributed by atoms with van der Waals surface area (Å²) in [7, 11) is 2.15. The molecule has 1 fully saturated rings. The molecule has 0 amide bonds. The molecule has 1 unspecified atom stereocenters. The number of hydrogen-bond acceptors (Lipinski definition) is 2. The quantitative estimate of drug-likeness (QED) is 0.667. The third-order valence-electron chi connectivity index (χ3n) is 2.65. The number of likely N-dealkylation sites (tertiary alicyclic amines) is 1. The van der Waals surface area contributed by atoms with E-state index in [1.54, 1.807) is 0 Å². The maximum absolute atomic E-state index is 5.71. The second-order valence-electron chi connectivity index (χ2n) is 3.49. The average molecular weight is 194 g/mol. The van der Waals surface area contributed by atoms with Gasteiger partial charge in [-0.15, -0.1) is 12.4 Å². The second kappa shape index (κ2) is 5.05. The van der Waals surface area contributed by atoms with Crippen LogP contribution in [0.3, 0.4) is 0 Å². The van der Waals surface area contributed by atoms with Gasteiger partial charge in [-0.2, -0.15) is 0 Å². The number of ether oxygens (including phenoxy) is 1. The Bertz CT molecular complexity index is 128. The number of hydrogen-bond donors (Lipinski definition) is 0. The Morgan fingerprint density at radius 1 is 1.42 bits per heavy atom. The monoisotopic (exact) mass is 193 g/mol. The van der Waals surface area contributed by atoms with Gasteiger partial charge in [-0.1, -0.05) is 0 Å². The van der Waals surface area contributed by atoms with Crippen LogP contribution < -0.4 is 0 Å². The fourth-order valence-corrected chi connectivity index (χ4v) is 1.72. The highest BCUT2D eigenvalue weighted by Gasteiger charge is 2.31. The molecule has 0 aromatic rings. The van der Waals surface area contributed by atoms with Gasteiger partial charge in [0.2, 0.25) is 0 Å². The molecule has 1 atom stereocenters. The molecule has 1 aliphatic rings. The van der Waals surface area contributed by atoms with Gasteiger partial charge >= 0.3 is 0 Å². The third kappa shape index (κ3) is 2.61. The highest BCUT2D eigenvalue weighted by molar-refractivity contribution is 5.85. The first-order valence-electron chi connectivity index (χ1n) is 4.54. The smallest absolute Gasteiger partial charge is 0.118 e. The van der Waals surface area contributed by atoms with E-state index in [0.29, 0.717) is 0 Å². The van der Waals surface area contributed by atoms with Crippen molar-refractivity contribution in [1.29, 1.82) is 0 Å². The summed E-state index contributed by atoms with van der Waals surface area (Å²) in [6.45, 7) is 6.25. The van der Waals surface area contributed by atoms with Gasteiger partial charge in [0.05, 0.1) is 0 Å². The normalized spacial score (nSPS) is 31.2. The van der Waals surface area contributed by atoms with Gasteiger partial charge in [0.15, 0.2) is 0 Å². The molecule has 1 rings (SSSR count). The predicted octanol–water partition coefficient (Wildman–Crippen LogP) is 2.28. The summed E-state index contributed by atoms with van der Waals surface area (Å²) in [5.41, 5.74) is 0.0208. The van der Waals surface area contributed by atoms with Crippen LogP contribution in [0, 0.1) is 0 Å². The van der Waals surface area contributed by atoms with E-state index >= 15 is 0 Å². The van der Waals surface area contributed by atoms with Crippen molar-refractivity contribution in [2.24, 2.45) is 0 Å². The Kier molecular flexibility index (Phi) is 5.14. The molecule has 12 heavy (non-hydrogen) atoms. The zero-order valence-corrected chi connectivity index (χ0v) is 9.12. The van der Waals surface area contributed by atoms with Crippen molar-refractivity contribution in [1.82, 2.24) is 4.90 Å². The van der Waals surface area contributed by atoms with Crippen molar-refractivity contribution >= 4 is 12.4 Å². The molecule has 0 spiro atoms. The van der Waals surface area contributed by atoms with E-state index in [9.17, 15) is 0 Å². The molecule has 1 aliphatic heterocycles. The molecule has 1 saturated heterocycles. The van der Waals surface area contributed by atoms with E-state index in [0.717, 1.165) is 6.61 Å². The zero-order valence-electron chi connectivity index (χ0n) is 8.30. The first kappa shape index (κ1) is 12.2. The Morgan fingerprint density at radius 2 is 2.08 bits per heavy atom. The molecule has 2 nitrogen and oxygen atoms in total. The number of piperidine rings is 1. The fourth-order valence-electron chi connectivity index (χ4n) is 1.72. The van der Waals surface area contributed by atoms with E-state index in [4.69, 9.17) is 4.74 Å². The largest absolute Gasteiger partial charge is 0.361 e. The molecule has 0 radical (unpaired) electrons. The molecule has 0 aromatic heterocycles. The van der Waals surface area contributed by atoms with Gasteiger partial charge in [-0.05, 0) is 40.2 Å². The fraction of sp³-hybridized carbons (Fsp3) is 1.00. The lowest BCUT2D eigenvalue weighted by molar-refractivity contribution is -0.149. The molecule has 3 heteroatoms. The van der Waals surface area contributed by atoms with Crippen molar-refractivity contribution in [2.75, 3.05) is 20.2 Å². The predicted molar refractivity (Wildman–Crippen MR) is 53.8 cm³/mol. The molecule has 0 N–H and O–H groups in total. The molecular formula is C9H20ClNO. The third-order valence-corrected chi connectivity index (χ3v) is 2.65. The average Bonchev–Trinajstić information content (AvgIpc) is 1.96. The summed E-state index contributed by atoms with van der Waals surface area (Å²) in [6.07, 6.45) is 3.80. The summed E-state index contributed by atoms with van der Waals surface area (Å²) in [5, 5.41) is 0. The van der Waals surface area contributed by atoms with Crippen molar-refractivity contribution in [3.8, 4) is 0 Å². The van der Waals surface area contributed by atoms with Crippen LogP contribution >= 0.6 is 12.4 Å². The van der Waals surface area contributed by atoms with Gasteiger partial charge < -0.3 is 4.74 Å². The standard InChI is InChI=1S/C9H19NO.ClH/c1-4-11-9(2)7-5-6-8-10(9)3;/h4-8H2,1-3H3;1H. The number of nitrogens with zero attached hydrogens (tertiary/aromatic N) is 1. The van der Waals surface area contributed by atoms with Crippen LogP contribution in [0.5, 0.6) is 0 Å². The molecule has 74 valence electrons. The summed E-state index contributed by atoms with van der Waals surface area (Å²) in [4.78, 5) is 2.32. The van der Waals surface area contributed by atoms with E-state index in [1.807, 2.05) is 0 Å². The van der Waals surface area contributed by atoms with Gasteiger partial charge in [0, 0.05) is 13.2 Å². The topological polar surface area (TPSA) is 12.5 Å². The molecule has 0 saturated carbocycles. The van der Waals surface area contributed by atoms with Crippen LogP contribution in [0.1, 0.15) is 33.1 Å². The number of rotatable bonds is 2. The van der Waals surface area contributed by atoms with Gasteiger partial charge in [-0.3, -0.25) is 4.90 Å². The minimum absolute atomic E-state index is 0. The Morgan fingerprint density at radius 3 is 2.58 bits per heavy atom. The molecular weight excluding hydrogens is 174 g/mol. The van der Waals surface area contributed by atoms with Gasteiger partial charge in [0.25, 0.3) is 0 Å². The number of halogens is 1. The van der Waals surface area contributed by atoms with Gasteiger partial charge in [0.1, 0.15) is 5.72 Å². The van der Waals surface area contributed by atoms with Gasteiger partial charge in [-0.25, -0.2) is 0 Å². The van der Waals surface area contributed by atoms with Crippen molar-refractivity contribution in [3.63, 3.8) is 0 Å². The lowest BCUT2D eigenvalue weighted by atomic mass is 10.0. The maximum atomic E-state index is 5.71. The Hall–Kier alpha value is 0.210. The van der Waals surface area contributed by atoms with E-state index in [1.165, 1.54) is 25.8 Å². The van der Waals surface area contributed by atoms with Crippen LogP contribution in [0.15, 0.2) is 0 Å². The van der Waals surface area contributed by atoms with Crippen molar-refractivity contribution in [2.45, 2.75) is 38.8 Å². The molecule has 1 heterocycles. The SMILES string of the molecule is CCOC1(C)CCCCN1C.Cl. The zero-order chi connectivity index (χ0) is 8.32. The lowest BCUT2D eigenvalue weighted by Crippen LogP contribution is -2.49. The first-order chi connectivity index (χ1) is 5.19. The van der Waals surface area contributed by atoms with Crippen LogP contribution in [-0.4, -0.2) is 30.8 Å². The summed E-state index contributed by atoms with van der Waals surface area (Å²) in [6, 6.07) is 0. The first-order valence-corrected chi connectivity index (χ1v) is 4.54. The van der Waals surface area contributed by atoms with Crippen LogP contribution in [0.4, 0.5) is 0 Å². The summed E-state index contributed by atoms with van der Waals surface area (Å²) < 4.78 is 5.71. The van der Waals surface area contributed by atoms with Crippen molar-refractivity contribution in [3.05, 3.63) is 0 Å². The van der Waals surface area contributed by atoms with Crippen LogP contribution in [-0.2, 0) is 4.74 Å². The maximum Gasteiger partial charge on any atom is 0.118 e. The lowest BCUT2D eigenvalue weighted by Gasteiger charge is -2.42. The van der Waals surface area contributed by atoms with Crippen LogP contribution in [0.25, 0.3) is 0 Å². The van der Waals surface area contributed by atoms with E-state index < -0.39 is 0 Å². The highest BCUT2D eigenvalue weighted by atomic mass is 35.5.